The van der Waals surface area contributed by atoms with Gasteiger partial charge in [-0.25, -0.2) is 9.59 Å². The Labute approximate surface area is 128 Å². The Bertz CT molecular complexity index is 446. The molecule has 0 saturated carbocycles. The maximum absolute atomic E-state index is 11.7. The number of hydrogen-bond acceptors (Lipinski definition) is 6. The molecule has 1 atom stereocenters. The minimum absolute atomic E-state index is 0.0537. The van der Waals surface area contributed by atoms with Crippen molar-refractivity contribution in [3.05, 3.63) is 10.7 Å². The van der Waals surface area contributed by atoms with Crippen molar-refractivity contribution >= 4 is 23.7 Å². The number of carbonyl (C=O) groups is 2. The topological polar surface area (TPSA) is 68.3 Å². The second-order valence-corrected chi connectivity index (χ2v) is 4.94. The lowest BCUT2D eigenvalue weighted by molar-refractivity contribution is -0.161. The SMILES string of the molecule is CCOC(=O)N1CCN(C2=C(Cl)C(=O)OC2OCC)CC1. The molecule has 1 amide bonds. The fraction of sp³-hybridized carbons (Fsp3) is 0.692. The monoisotopic (exact) mass is 318 g/mol. The Morgan fingerprint density at radius 1 is 1.29 bits per heavy atom. The lowest BCUT2D eigenvalue weighted by Gasteiger charge is -2.36. The fourth-order valence-corrected chi connectivity index (χ4v) is 2.56. The zero-order chi connectivity index (χ0) is 15.4. The summed E-state index contributed by atoms with van der Waals surface area (Å²) < 4.78 is 15.4. The standard InChI is InChI=1S/C13H19ClN2O5/c1-3-19-12-10(9(14)11(17)21-12)15-5-7-16(8-6-15)13(18)20-4-2/h12H,3-8H2,1-2H3. The number of halogens is 1. The molecule has 118 valence electrons. The number of cyclic esters (lactones) is 1. The summed E-state index contributed by atoms with van der Waals surface area (Å²) in [7, 11) is 0. The number of hydrogen-bond donors (Lipinski definition) is 0. The summed E-state index contributed by atoms with van der Waals surface area (Å²) in [6, 6.07) is 0. The second-order valence-electron chi connectivity index (χ2n) is 4.56. The van der Waals surface area contributed by atoms with Crippen molar-refractivity contribution in [3.63, 3.8) is 0 Å². The molecule has 2 aliphatic heterocycles. The van der Waals surface area contributed by atoms with E-state index in [1.807, 2.05) is 11.8 Å². The van der Waals surface area contributed by atoms with Crippen molar-refractivity contribution < 1.29 is 23.8 Å². The van der Waals surface area contributed by atoms with E-state index in [9.17, 15) is 9.59 Å². The molecule has 0 aromatic rings. The molecule has 0 aromatic heterocycles. The average Bonchev–Trinajstić information content (AvgIpc) is 2.75. The molecule has 1 unspecified atom stereocenters. The van der Waals surface area contributed by atoms with Gasteiger partial charge < -0.3 is 24.0 Å². The average molecular weight is 319 g/mol. The summed E-state index contributed by atoms with van der Waals surface area (Å²) in [5.41, 5.74) is 0.548. The molecular formula is C13H19ClN2O5. The van der Waals surface area contributed by atoms with Crippen LogP contribution in [0.5, 0.6) is 0 Å². The number of piperazine rings is 1. The largest absolute Gasteiger partial charge is 0.450 e. The molecule has 1 saturated heterocycles. The number of ether oxygens (including phenoxy) is 3. The van der Waals surface area contributed by atoms with Crippen LogP contribution in [-0.4, -0.2) is 67.5 Å². The highest BCUT2D eigenvalue weighted by atomic mass is 35.5. The van der Waals surface area contributed by atoms with Crippen LogP contribution in [0.3, 0.4) is 0 Å². The van der Waals surface area contributed by atoms with Crippen molar-refractivity contribution in [1.29, 1.82) is 0 Å². The van der Waals surface area contributed by atoms with Gasteiger partial charge in [0.25, 0.3) is 0 Å². The van der Waals surface area contributed by atoms with Crippen molar-refractivity contribution in [2.24, 2.45) is 0 Å². The molecule has 8 heteroatoms. The molecule has 2 heterocycles. The summed E-state index contributed by atoms with van der Waals surface area (Å²) in [6.07, 6.45) is -1.08. The smallest absolute Gasteiger partial charge is 0.409 e. The first kappa shape index (κ1) is 15.9. The van der Waals surface area contributed by atoms with E-state index < -0.39 is 12.3 Å². The Hall–Kier alpha value is -1.47. The van der Waals surface area contributed by atoms with Crippen LogP contribution in [0.2, 0.25) is 0 Å². The highest BCUT2D eigenvalue weighted by Crippen LogP contribution is 2.30. The van der Waals surface area contributed by atoms with Crippen LogP contribution in [0.4, 0.5) is 4.79 Å². The molecule has 21 heavy (non-hydrogen) atoms. The Balaban J connectivity index is 2.00. The number of rotatable bonds is 4. The summed E-state index contributed by atoms with van der Waals surface area (Å²) in [5, 5.41) is 0.0537. The van der Waals surface area contributed by atoms with Gasteiger partial charge in [-0.2, -0.15) is 0 Å². The third-order valence-electron chi connectivity index (χ3n) is 3.31. The molecule has 0 spiro atoms. The van der Waals surface area contributed by atoms with E-state index in [2.05, 4.69) is 0 Å². The van der Waals surface area contributed by atoms with Crippen molar-refractivity contribution in [1.82, 2.24) is 9.80 Å². The molecule has 0 aromatic carbocycles. The lowest BCUT2D eigenvalue weighted by atomic mass is 10.2. The van der Waals surface area contributed by atoms with Crippen molar-refractivity contribution in [3.8, 4) is 0 Å². The number of esters is 1. The Morgan fingerprint density at radius 3 is 2.52 bits per heavy atom. The molecule has 0 N–H and O–H groups in total. The molecule has 2 aliphatic rings. The Kier molecular flexibility index (Phi) is 5.30. The van der Waals surface area contributed by atoms with E-state index in [1.54, 1.807) is 11.8 Å². The van der Waals surface area contributed by atoms with Gasteiger partial charge in [0.1, 0.15) is 5.70 Å². The van der Waals surface area contributed by atoms with Gasteiger partial charge in [0.05, 0.1) is 6.61 Å². The third-order valence-corrected chi connectivity index (χ3v) is 3.65. The van der Waals surface area contributed by atoms with E-state index in [0.29, 0.717) is 45.1 Å². The zero-order valence-corrected chi connectivity index (χ0v) is 12.9. The van der Waals surface area contributed by atoms with Crippen LogP contribution in [0.25, 0.3) is 0 Å². The van der Waals surface area contributed by atoms with Crippen LogP contribution in [0, 0.1) is 0 Å². The zero-order valence-electron chi connectivity index (χ0n) is 12.1. The quantitative estimate of drug-likeness (QED) is 0.724. The van der Waals surface area contributed by atoms with E-state index in [4.69, 9.17) is 25.8 Å². The first-order valence-electron chi connectivity index (χ1n) is 6.97. The summed E-state index contributed by atoms with van der Waals surface area (Å²) in [5.74, 6) is -0.571. The molecule has 0 aliphatic carbocycles. The number of nitrogens with zero attached hydrogens (tertiary/aromatic N) is 2. The van der Waals surface area contributed by atoms with E-state index in [0.717, 1.165) is 0 Å². The minimum Gasteiger partial charge on any atom is -0.450 e. The molecule has 0 radical (unpaired) electrons. The molecule has 0 bridgehead atoms. The van der Waals surface area contributed by atoms with Crippen LogP contribution in [0.15, 0.2) is 10.7 Å². The maximum atomic E-state index is 11.7. The van der Waals surface area contributed by atoms with Gasteiger partial charge in [-0.3, -0.25) is 0 Å². The fourth-order valence-electron chi connectivity index (χ4n) is 2.31. The van der Waals surface area contributed by atoms with Gasteiger partial charge in [-0.15, -0.1) is 0 Å². The van der Waals surface area contributed by atoms with Crippen molar-refractivity contribution in [2.75, 3.05) is 39.4 Å². The first-order valence-corrected chi connectivity index (χ1v) is 7.35. The molecule has 1 fully saturated rings. The van der Waals surface area contributed by atoms with E-state index >= 15 is 0 Å². The van der Waals surface area contributed by atoms with Crippen molar-refractivity contribution in [2.45, 2.75) is 20.1 Å². The molecule has 2 rings (SSSR count). The second kappa shape index (κ2) is 7.00. The van der Waals surface area contributed by atoms with Gasteiger partial charge >= 0.3 is 12.1 Å². The first-order chi connectivity index (χ1) is 10.1. The van der Waals surface area contributed by atoms with Crippen LogP contribution < -0.4 is 0 Å². The van der Waals surface area contributed by atoms with Gasteiger partial charge in [0, 0.05) is 32.8 Å². The number of amides is 1. The van der Waals surface area contributed by atoms with Crippen LogP contribution >= 0.6 is 11.6 Å². The molecular weight excluding hydrogens is 300 g/mol. The minimum atomic E-state index is -0.760. The van der Waals surface area contributed by atoms with Gasteiger partial charge in [-0.05, 0) is 13.8 Å². The highest BCUT2D eigenvalue weighted by Gasteiger charge is 2.38. The van der Waals surface area contributed by atoms with Gasteiger partial charge in [0.15, 0.2) is 5.03 Å². The third kappa shape index (κ3) is 3.41. The normalized spacial score (nSPS) is 22.6. The highest BCUT2D eigenvalue weighted by molar-refractivity contribution is 6.42. The maximum Gasteiger partial charge on any atom is 0.409 e. The molecule has 7 nitrogen and oxygen atoms in total. The summed E-state index contributed by atoms with van der Waals surface area (Å²) in [6.45, 7) is 6.44. The summed E-state index contributed by atoms with van der Waals surface area (Å²) in [4.78, 5) is 26.8. The van der Waals surface area contributed by atoms with E-state index in [-0.39, 0.29) is 11.1 Å². The number of carbonyl (C=O) groups excluding carboxylic acids is 2. The predicted molar refractivity (Wildman–Crippen MR) is 74.6 cm³/mol. The van der Waals surface area contributed by atoms with E-state index in [1.165, 1.54) is 0 Å². The summed E-state index contributed by atoms with van der Waals surface area (Å²) >= 11 is 6.02. The lowest BCUT2D eigenvalue weighted by Crippen LogP contribution is -2.49. The predicted octanol–water partition coefficient (Wildman–Crippen LogP) is 1.13. The Morgan fingerprint density at radius 2 is 1.95 bits per heavy atom. The van der Waals surface area contributed by atoms with Gasteiger partial charge in [-0.1, -0.05) is 11.6 Å². The van der Waals surface area contributed by atoms with Crippen LogP contribution in [0.1, 0.15) is 13.8 Å². The van der Waals surface area contributed by atoms with Gasteiger partial charge in [0.2, 0.25) is 6.29 Å². The van der Waals surface area contributed by atoms with Crippen LogP contribution in [-0.2, 0) is 19.0 Å².